The van der Waals surface area contributed by atoms with E-state index in [-0.39, 0.29) is 0 Å². The van der Waals surface area contributed by atoms with Crippen LogP contribution in [-0.4, -0.2) is 43.0 Å². The maximum atomic E-state index is 6.24. The van der Waals surface area contributed by atoms with Crippen molar-refractivity contribution in [1.29, 1.82) is 0 Å². The molecule has 0 radical (unpaired) electrons. The van der Waals surface area contributed by atoms with Crippen LogP contribution in [0.4, 0.5) is 0 Å². The number of hydrogen-bond donors (Lipinski definition) is 0. The Morgan fingerprint density at radius 1 is 1.00 bits per heavy atom. The summed E-state index contributed by atoms with van der Waals surface area (Å²) in [6.07, 6.45) is 1.00. The summed E-state index contributed by atoms with van der Waals surface area (Å²) in [5, 5.41) is 0. The molecular formula is C19H21BrN2O. The van der Waals surface area contributed by atoms with Gasteiger partial charge in [0.25, 0.3) is 0 Å². The Balaban J connectivity index is 1.76. The summed E-state index contributed by atoms with van der Waals surface area (Å²) in [6, 6.07) is 15.2. The molecule has 4 heteroatoms. The molecule has 4 rings (SSSR count). The van der Waals surface area contributed by atoms with Crippen molar-refractivity contribution < 1.29 is 4.74 Å². The zero-order chi connectivity index (χ0) is 15.8. The molecule has 1 atom stereocenters. The van der Waals surface area contributed by atoms with Gasteiger partial charge in [-0.25, -0.2) is 0 Å². The van der Waals surface area contributed by atoms with Gasteiger partial charge in [-0.2, -0.15) is 0 Å². The van der Waals surface area contributed by atoms with Crippen molar-refractivity contribution in [1.82, 2.24) is 9.80 Å². The average Bonchev–Trinajstić information content (AvgIpc) is 2.72. The highest BCUT2D eigenvalue weighted by Crippen LogP contribution is 2.42. The van der Waals surface area contributed by atoms with Crippen molar-refractivity contribution in [2.24, 2.45) is 0 Å². The predicted octanol–water partition coefficient (Wildman–Crippen LogP) is 4.09. The number of likely N-dealkylation sites (N-methyl/N-ethyl adjacent to an activating group) is 1. The van der Waals surface area contributed by atoms with E-state index in [1.54, 1.807) is 0 Å². The minimum absolute atomic E-state index is 0.375. The number of piperazine rings is 1. The van der Waals surface area contributed by atoms with Crippen molar-refractivity contribution >= 4 is 15.9 Å². The van der Waals surface area contributed by atoms with E-state index in [1.807, 2.05) is 6.07 Å². The number of ether oxygens (including phenoxy) is 1. The van der Waals surface area contributed by atoms with Gasteiger partial charge in [0.15, 0.2) is 0 Å². The molecule has 1 saturated heterocycles. The molecule has 0 spiro atoms. The van der Waals surface area contributed by atoms with Crippen molar-refractivity contribution in [2.75, 3.05) is 33.2 Å². The predicted molar refractivity (Wildman–Crippen MR) is 96.2 cm³/mol. The standard InChI is InChI=1S/C19H21BrN2O/c1-21-8-10-22(11-9-21)17-12-14-4-2-3-5-18(14)23-19-7-6-15(20)13-16(17)19/h2-7,13,17H,8-12H2,1H3. The first-order valence-corrected chi connectivity index (χ1v) is 8.98. The molecule has 2 aliphatic heterocycles. The van der Waals surface area contributed by atoms with Gasteiger partial charge in [-0.3, -0.25) is 4.90 Å². The Kier molecular flexibility index (Phi) is 4.14. The van der Waals surface area contributed by atoms with Crippen LogP contribution in [0.2, 0.25) is 0 Å². The van der Waals surface area contributed by atoms with Crippen LogP contribution in [0.5, 0.6) is 11.5 Å². The molecule has 0 aliphatic carbocycles. The first-order chi connectivity index (χ1) is 11.2. The van der Waals surface area contributed by atoms with Crippen LogP contribution in [0, 0.1) is 0 Å². The highest BCUT2D eigenvalue weighted by Gasteiger charge is 2.30. The fraction of sp³-hybridized carbons (Fsp3) is 0.368. The van der Waals surface area contributed by atoms with Crippen LogP contribution in [0.25, 0.3) is 0 Å². The van der Waals surface area contributed by atoms with Gasteiger partial charge in [0.1, 0.15) is 11.5 Å². The lowest BCUT2D eigenvalue weighted by molar-refractivity contribution is 0.111. The molecule has 0 bridgehead atoms. The SMILES string of the molecule is CN1CCN(C2Cc3ccccc3Oc3ccc(Br)cc32)CC1. The molecule has 0 N–H and O–H groups in total. The fourth-order valence-electron chi connectivity index (χ4n) is 3.54. The van der Waals surface area contributed by atoms with Crippen LogP contribution in [0.15, 0.2) is 46.9 Å². The molecule has 0 amide bonds. The lowest BCUT2D eigenvalue weighted by Gasteiger charge is -2.38. The number of halogens is 1. The van der Waals surface area contributed by atoms with Gasteiger partial charge in [0, 0.05) is 42.3 Å². The van der Waals surface area contributed by atoms with Crippen molar-refractivity contribution in [3.05, 3.63) is 58.1 Å². The van der Waals surface area contributed by atoms with E-state index >= 15 is 0 Å². The minimum Gasteiger partial charge on any atom is -0.457 e. The zero-order valence-corrected chi connectivity index (χ0v) is 14.9. The molecule has 2 aromatic carbocycles. The summed E-state index contributed by atoms with van der Waals surface area (Å²) in [7, 11) is 2.20. The maximum Gasteiger partial charge on any atom is 0.132 e. The molecule has 2 aliphatic rings. The summed E-state index contributed by atoms with van der Waals surface area (Å²) < 4.78 is 7.36. The van der Waals surface area contributed by atoms with Crippen LogP contribution >= 0.6 is 15.9 Å². The van der Waals surface area contributed by atoms with E-state index < -0.39 is 0 Å². The molecule has 3 nitrogen and oxygen atoms in total. The van der Waals surface area contributed by atoms with E-state index in [9.17, 15) is 0 Å². The fourth-order valence-corrected chi connectivity index (χ4v) is 3.92. The Morgan fingerprint density at radius 3 is 2.61 bits per heavy atom. The van der Waals surface area contributed by atoms with Crippen LogP contribution in [0.3, 0.4) is 0 Å². The number of rotatable bonds is 1. The summed E-state index contributed by atoms with van der Waals surface area (Å²) in [5.41, 5.74) is 2.59. The summed E-state index contributed by atoms with van der Waals surface area (Å²) in [5.74, 6) is 1.98. The third-order valence-electron chi connectivity index (χ3n) is 4.92. The van der Waals surface area contributed by atoms with E-state index in [4.69, 9.17) is 4.74 Å². The van der Waals surface area contributed by atoms with E-state index in [0.717, 1.165) is 48.6 Å². The molecule has 23 heavy (non-hydrogen) atoms. The van der Waals surface area contributed by atoms with Crippen LogP contribution in [-0.2, 0) is 6.42 Å². The molecule has 120 valence electrons. The van der Waals surface area contributed by atoms with Gasteiger partial charge < -0.3 is 9.64 Å². The largest absolute Gasteiger partial charge is 0.457 e. The smallest absolute Gasteiger partial charge is 0.132 e. The van der Waals surface area contributed by atoms with E-state index in [2.05, 4.69) is 69.2 Å². The van der Waals surface area contributed by atoms with Gasteiger partial charge in [-0.1, -0.05) is 34.1 Å². The molecule has 1 unspecified atom stereocenters. The third kappa shape index (κ3) is 3.03. The first kappa shape index (κ1) is 15.2. The minimum atomic E-state index is 0.375. The molecule has 0 saturated carbocycles. The summed E-state index contributed by atoms with van der Waals surface area (Å²) in [6.45, 7) is 4.47. The lowest BCUT2D eigenvalue weighted by atomic mass is 9.96. The van der Waals surface area contributed by atoms with E-state index in [0.29, 0.717) is 6.04 Å². The highest BCUT2D eigenvalue weighted by atomic mass is 79.9. The van der Waals surface area contributed by atoms with Crippen molar-refractivity contribution in [3.8, 4) is 11.5 Å². The number of hydrogen-bond acceptors (Lipinski definition) is 3. The first-order valence-electron chi connectivity index (χ1n) is 8.18. The quantitative estimate of drug-likeness (QED) is 0.749. The summed E-state index contributed by atoms with van der Waals surface area (Å²) in [4.78, 5) is 5.01. The molecule has 1 fully saturated rings. The Hall–Kier alpha value is -1.36. The summed E-state index contributed by atoms with van der Waals surface area (Å²) >= 11 is 3.63. The second kappa shape index (κ2) is 6.27. The van der Waals surface area contributed by atoms with Gasteiger partial charge in [-0.15, -0.1) is 0 Å². The van der Waals surface area contributed by atoms with Crippen molar-refractivity contribution in [2.45, 2.75) is 12.5 Å². The van der Waals surface area contributed by atoms with Crippen LogP contribution < -0.4 is 4.74 Å². The lowest BCUT2D eigenvalue weighted by Crippen LogP contribution is -2.46. The Bertz CT molecular complexity index is 710. The Morgan fingerprint density at radius 2 is 1.78 bits per heavy atom. The monoisotopic (exact) mass is 372 g/mol. The van der Waals surface area contributed by atoms with E-state index in [1.165, 1.54) is 11.1 Å². The number of para-hydroxylation sites is 1. The normalized spacial score (nSPS) is 21.9. The molecule has 2 aromatic rings. The zero-order valence-electron chi connectivity index (χ0n) is 13.3. The maximum absolute atomic E-state index is 6.24. The number of nitrogens with zero attached hydrogens (tertiary/aromatic N) is 2. The number of fused-ring (bicyclic) bond motifs is 2. The molecule has 2 heterocycles. The number of benzene rings is 2. The van der Waals surface area contributed by atoms with Crippen molar-refractivity contribution in [3.63, 3.8) is 0 Å². The van der Waals surface area contributed by atoms with Gasteiger partial charge >= 0.3 is 0 Å². The Labute approximate surface area is 146 Å². The second-order valence-electron chi connectivity index (χ2n) is 6.45. The van der Waals surface area contributed by atoms with Gasteiger partial charge in [-0.05, 0) is 43.3 Å². The topological polar surface area (TPSA) is 15.7 Å². The third-order valence-corrected chi connectivity index (χ3v) is 5.41. The molecular weight excluding hydrogens is 352 g/mol. The molecule has 0 aromatic heterocycles. The van der Waals surface area contributed by atoms with Gasteiger partial charge in [0.2, 0.25) is 0 Å². The average molecular weight is 373 g/mol. The van der Waals surface area contributed by atoms with Crippen LogP contribution in [0.1, 0.15) is 17.2 Å². The highest BCUT2D eigenvalue weighted by molar-refractivity contribution is 9.10. The van der Waals surface area contributed by atoms with Gasteiger partial charge in [0.05, 0.1) is 0 Å². The second-order valence-corrected chi connectivity index (χ2v) is 7.37.